The monoisotopic (exact) mass is 324 g/mol. The summed E-state index contributed by atoms with van der Waals surface area (Å²) in [5.41, 5.74) is 10.5. The van der Waals surface area contributed by atoms with E-state index >= 15 is 0 Å². The highest BCUT2D eigenvalue weighted by molar-refractivity contribution is 5.92. The molecular formula is C19H24N4O. The van der Waals surface area contributed by atoms with Crippen LogP contribution >= 0.6 is 0 Å². The molecule has 5 nitrogen and oxygen atoms in total. The van der Waals surface area contributed by atoms with Crippen molar-refractivity contribution in [3.05, 3.63) is 59.7 Å². The van der Waals surface area contributed by atoms with Gasteiger partial charge in [-0.05, 0) is 36.8 Å². The fourth-order valence-corrected chi connectivity index (χ4v) is 2.63. The SMILES string of the molecule is Cc1ccc(NC(N)=NCc2ccc(N3CCOCC3)cc2)cc1. The van der Waals surface area contributed by atoms with Crippen LogP contribution in [0.25, 0.3) is 0 Å². The lowest BCUT2D eigenvalue weighted by Gasteiger charge is -2.28. The van der Waals surface area contributed by atoms with Crippen molar-refractivity contribution in [3.63, 3.8) is 0 Å². The van der Waals surface area contributed by atoms with E-state index < -0.39 is 0 Å². The van der Waals surface area contributed by atoms with Gasteiger partial charge in [0, 0.05) is 24.5 Å². The predicted molar refractivity (Wildman–Crippen MR) is 99.6 cm³/mol. The first-order valence-electron chi connectivity index (χ1n) is 8.26. The summed E-state index contributed by atoms with van der Waals surface area (Å²) in [5, 5.41) is 3.11. The molecule has 5 heteroatoms. The average molecular weight is 324 g/mol. The van der Waals surface area contributed by atoms with E-state index in [1.807, 2.05) is 24.3 Å². The number of hydrogen-bond acceptors (Lipinski definition) is 3. The van der Waals surface area contributed by atoms with Crippen molar-refractivity contribution in [1.29, 1.82) is 0 Å². The van der Waals surface area contributed by atoms with Crippen LogP contribution in [0.2, 0.25) is 0 Å². The minimum atomic E-state index is 0.427. The van der Waals surface area contributed by atoms with Crippen LogP contribution in [0.3, 0.4) is 0 Å². The summed E-state index contributed by atoms with van der Waals surface area (Å²) in [5.74, 6) is 0.427. The summed E-state index contributed by atoms with van der Waals surface area (Å²) in [7, 11) is 0. The third-order valence-corrected chi connectivity index (χ3v) is 4.07. The molecule has 1 aliphatic rings. The summed E-state index contributed by atoms with van der Waals surface area (Å²) in [6.07, 6.45) is 0. The zero-order chi connectivity index (χ0) is 16.8. The molecule has 0 atom stereocenters. The van der Waals surface area contributed by atoms with Gasteiger partial charge in [-0.3, -0.25) is 0 Å². The van der Waals surface area contributed by atoms with Crippen molar-refractivity contribution < 1.29 is 4.74 Å². The Morgan fingerprint density at radius 1 is 1.08 bits per heavy atom. The van der Waals surface area contributed by atoms with Crippen molar-refractivity contribution in [2.24, 2.45) is 10.7 Å². The Bertz CT molecular complexity index is 674. The summed E-state index contributed by atoms with van der Waals surface area (Å²) < 4.78 is 5.38. The van der Waals surface area contributed by atoms with E-state index in [1.165, 1.54) is 11.3 Å². The molecule has 3 rings (SSSR count). The fourth-order valence-electron chi connectivity index (χ4n) is 2.63. The molecule has 1 aliphatic heterocycles. The van der Waals surface area contributed by atoms with Crippen LogP contribution in [0.1, 0.15) is 11.1 Å². The number of ether oxygens (including phenoxy) is 1. The number of morpholine rings is 1. The topological polar surface area (TPSA) is 62.9 Å². The van der Waals surface area contributed by atoms with Gasteiger partial charge < -0.3 is 20.7 Å². The van der Waals surface area contributed by atoms with Gasteiger partial charge in [0.1, 0.15) is 0 Å². The van der Waals surface area contributed by atoms with Crippen LogP contribution in [-0.2, 0) is 11.3 Å². The Morgan fingerprint density at radius 2 is 1.75 bits per heavy atom. The molecular weight excluding hydrogens is 300 g/mol. The van der Waals surface area contributed by atoms with Crippen LogP contribution < -0.4 is 16.0 Å². The molecule has 126 valence electrons. The highest BCUT2D eigenvalue weighted by Crippen LogP contribution is 2.17. The average Bonchev–Trinajstić information content (AvgIpc) is 2.63. The maximum atomic E-state index is 5.96. The third-order valence-electron chi connectivity index (χ3n) is 4.07. The van der Waals surface area contributed by atoms with Gasteiger partial charge in [0.25, 0.3) is 0 Å². The number of nitrogens with zero attached hydrogens (tertiary/aromatic N) is 2. The van der Waals surface area contributed by atoms with E-state index in [1.54, 1.807) is 0 Å². The van der Waals surface area contributed by atoms with Gasteiger partial charge in [0.2, 0.25) is 0 Å². The Morgan fingerprint density at radius 3 is 2.42 bits per heavy atom. The van der Waals surface area contributed by atoms with Gasteiger partial charge in [-0.15, -0.1) is 0 Å². The van der Waals surface area contributed by atoms with Crippen LogP contribution in [0.4, 0.5) is 11.4 Å². The number of aliphatic imine (C=N–C) groups is 1. The van der Waals surface area contributed by atoms with E-state index in [-0.39, 0.29) is 0 Å². The molecule has 0 unspecified atom stereocenters. The van der Waals surface area contributed by atoms with Crippen LogP contribution in [0, 0.1) is 6.92 Å². The van der Waals surface area contributed by atoms with Crippen molar-refractivity contribution in [2.75, 3.05) is 36.5 Å². The lowest BCUT2D eigenvalue weighted by atomic mass is 10.2. The normalized spacial score (nSPS) is 15.4. The van der Waals surface area contributed by atoms with E-state index in [2.05, 4.69) is 46.4 Å². The second-order valence-electron chi connectivity index (χ2n) is 5.96. The Balaban J connectivity index is 1.56. The largest absolute Gasteiger partial charge is 0.378 e. The first-order chi connectivity index (χ1) is 11.7. The van der Waals surface area contributed by atoms with Gasteiger partial charge in [0.15, 0.2) is 5.96 Å². The van der Waals surface area contributed by atoms with Gasteiger partial charge in [-0.1, -0.05) is 29.8 Å². The molecule has 2 aromatic rings. The number of rotatable bonds is 4. The smallest absolute Gasteiger partial charge is 0.193 e. The lowest BCUT2D eigenvalue weighted by molar-refractivity contribution is 0.122. The molecule has 0 spiro atoms. The second kappa shape index (κ2) is 7.84. The maximum absolute atomic E-state index is 5.96. The summed E-state index contributed by atoms with van der Waals surface area (Å²) in [6, 6.07) is 16.6. The molecule has 1 heterocycles. The minimum absolute atomic E-state index is 0.427. The quantitative estimate of drug-likeness (QED) is 0.670. The number of hydrogen-bond donors (Lipinski definition) is 2. The Hall–Kier alpha value is -2.53. The van der Waals surface area contributed by atoms with Crippen molar-refractivity contribution in [3.8, 4) is 0 Å². The lowest BCUT2D eigenvalue weighted by Crippen LogP contribution is -2.36. The number of anilines is 2. The van der Waals surface area contributed by atoms with E-state index in [0.29, 0.717) is 12.5 Å². The highest BCUT2D eigenvalue weighted by Gasteiger charge is 2.10. The molecule has 3 N–H and O–H groups in total. The van der Waals surface area contributed by atoms with Crippen LogP contribution in [0.5, 0.6) is 0 Å². The van der Waals surface area contributed by atoms with Gasteiger partial charge in [-0.25, -0.2) is 4.99 Å². The summed E-state index contributed by atoms with van der Waals surface area (Å²) >= 11 is 0. The molecule has 0 radical (unpaired) electrons. The first kappa shape index (κ1) is 16.3. The van der Waals surface area contributed by atoms with E-state index in [9.17, 15) is 0 Å². The number of nitrogens with two attached hydrogens (primary N) is 1. The van der Waals surface area contributed by atoms with Crippen LogP contribution in [0.15, 0.2) is 53.5 Å². The number of benzene rings is 2. The zero-order valence-electron chi connectivity index (χ0n) is 14.0. The van der Waals surface area contributed by atoms with Gasteiger partial charge >= 0.3 is 0 Å². The molecule has 2 aromatic carbocycles. The summed E-state index contributed by atoms with van der Waals surface area (Å²) in [4.78, 5) is 6.74. The molecule has 0 aromatic heterocycles. The highest BCUT2D eigenvalue weighted by atomic mass is 16.5. The van der Waals surface area contributed by atoms with Gasteiger partial charge in [-0.2, -0.15) is 0 Å². The molecule has 24 heavy (non-hydrogen) atoms. The first-order valence-corrected chi connectivity index (χ1v) is 8.26. The Labute approximate surface area is 143 Å². The number of guanidine groups is 1. The maximum Gasteiger partial charge on any atom is 0.193 e. The number of nitrogens with one attached hydrogen (secondary N) is 1. The van der Waals surface area contributed by atoms with Crippen molar-refractivity contribution >= 4 is 17.3 Å². The molecule has 0 saturated carbocycles. The molecule has 1 fully saturated rings. The molecule has 0 aliphatic carbocycles. The standard InChI is InChI=1S/C19H24N4O/c1-15-2-6-17(7-3-15)22-19(20)21-14-16-4-8-18(9-5-16)23-10-12-24-13-11-23/h2-9H,10-14H2,1H3,(H3,20,21,22). The molecule has 0 bridgehead atoms. The van der Waals surface area contributed by atoms with Crippen molar-refractivity contribution in [1.82, 2.24) is 0 Å². The van der Waals surface area contributed by atoms with Crippen LogP contribution in [-0.4, -0.2) is 32.3 Å². The summed E-state index contributed by atoms with van der Waals surface area (Å²) in [6.45, 7) is 6.12. The Kier molecular flexibility index (Phi) is 5.33. The van der Waals surface area contributed by atoms with E-state index in [0.717, 1.165) is 37.6 Å². The minimum Gasteiger partial charge on any atom is -0.378 e. The predicted octanol–water partition coefficient (Wildman–Crippen LogP) is 2.76. The zero-order valence-corrected chi connectivity index (χ0v) is 14.0. The number of aryl methyl sites for hydroxylation is 1. The fraction of sp³-hybridized carbons (Fsp3) is 0.316. The van der Waals surface area contributed by atoms with E-state index in [4.69, 9.17) is 10.5 Å². The van der Waals surface area contributed by atoms with Gasteiger partial charge in [0.05, 0.1) is 19.8 Å². The molecule has 1 saturated heterocycles. The third kappa shape index (κ3) is 4.49. The second-order valence-corrected chi connectivity index (χ2v) is 5.96. The molecule has 0 amide bonds. The van der Waals surface area contributed by atoms with Crippen molar-refractivity contribution in [2.45, 2.75) is 13.5 Å².